The molecular formula is C20H21N5O3. The maximum Gasteiger partial charge on any atom is 0.274 e. The molecule has 0 aliphatic carbocycles. The van der Waals surface area contributed by atoms with Gasteiger partial charge >= 0.3 is 0 Å². The number of aromatic nitrogens is 2. The highest BCUT2D eigenvalue weighted by Crippen LogP contribution is 2.43. The van der Waals surface area contributed by atoms with Gasteiger partial charge in [-0.15, -0.1) is 0 Å². The highest BCUT2D eigenvalue weighted by molar-refractivity contribution is 6.07. The summed E-state index contributed by atoms with van der Waals surface area (Å²) in [6.07, 6.45) is 1.45. The van der Waals surface area contributed by atoms with Gasteiger partial charge in [0.15, 0.2) is 5.69 Å². The average Bonchev–Trinajstić information content (AvgIpc) is 3.25. The number of benzene rings is 1. The second-order valence-corrected chi connectivity index (χ2v) is 7.78. The minimum atomic E-state index is -0.708. The first kappa shape index (κ1) is 17.0. The molecule has 1 unspecified atom stereocenters. The van der Waals surface area contributed by atoms with Gasteiger partial charge < -0.3 is 15.1 Å². The number of carbonyl (C=O) groups is 3. The van der Waals surface area contributed by atoms with E-state index in [1.807, 2.05) is 24.3 Å². The first-order valence-electron chi connectivity index (χ1n) is 9.53. The van der Waals surface area contributed by atoms with Crippen LogP contribution in [-0.4, -0.2) is 64.0 Å². The van der Waals surface area contributed by atoms with E-state index in [1.54, 1.807) is 27.6 Å². The maximum atomic E-state index is 13.2. The number of nitrogens with zero attached hydrogens (tertiary/aromatic N) is 4. The predicted octanol–water partition coefficient (Wildman–Crippen LogP) is 1.09. The molecule has 8 heteroatoms. The fourth-order valence-corrected chi connectivity index (χ4v) is 4.58. The van der Waals surface area contributed by atoms with Gasteiger partial charge in [0, 0.05) is 38.4 Å². The zero-order chi connectivity index (χ0) is 19.5. The van der Waals surface area contributed by atoms with Crippen LogP contribution in [0.15, 0.2) is 30.3 Å². The van der Waals surface area contributed by atoms with Crippen molar-refractivity contribution in [1.82, 2.24) is 19.6 Å². The van der Waals surface area contributed by atoms with Crippen LogP contribution in [0.4, 0.5) is 5.69 Å². The van der Waals surface area contributed by atoms with Crippen LogP contribution in [0.5, 0.6) is 0 Å². The molecule has 0 radical (unpaired) electrons. The molecule has 5 rings (SSSR count). The molecule has 0 bridgehead atoms. The standard InChI is InChI=1S/C20H21N5O3/c1-23-9-10-25-16(18(23)27)11-15(22-25)17(26)24-8-4-7-20(12-24)13-5-2-3-6-14(13)21-19(20)28/h2-3,5-6,11H,4,7-10,12H2,1H3,(H,21,28). The third-order valence-electron chi connectivity index (χ3n) is 6.12. The van der Waals surface area contributed by atoms with Gasteiger partial charge in [-0.1, -0.05) is 18.2 Å². The lowest BCUT2D eigenvalue weighted by atomic mass is 9.75. The number of rotatable bonds is 1. The highest BCUT2D eigenvalue weighted by atomic mass is 16.2. The number of para-hydroxylation sites is 1. The van der Waals surface area contributed by atoms with Crippen LogP contribution in [0.1, 0.15) is 39.4 Å². The molecule has 1 spiro atoms. The fourth-order valence-electron chi connectivity index (χ4n) is 4.58. The highest BCUT2D eigenvalue weighted by Gasteiger charge is 2.50. The van der Waals surface area contributed by atoms with Crippen LogP contribution in [0.25, 0.3) is 0 Å². The number of piperidine rings is 1. The molecule has 144 valence electrons. The molecule has 3 aliphatic rings. The second kappa shape index (κ2) is 5.92. The van der Waals surface area contributed by atoms with Crippen LogP contribution in [0.2, 0.25) is 0 Å². The number of hydrogen-bond donors (Lipinski definition) is 1. The van der Waals surface area contributed by atoms with E-state index < -0.39 is 5.41 Å². The summed E-state index contributed by atoms with van der Waals surface area (Å²) in [5, 5.41) is 7.33. The molecule has 1 aromatic heterocycles. The lowest BCUT2D eigenvalue weighted by Crippen LogP contribution is -2.52. The molecule has 2 aromatic rings. The quantitative estimate of drug-likeness (QED) is 0.804. The van der Waals surface area contributed by atoms with Crippen molar-refractivity contribution < 1.29 is 14.4 Å². The Hall–Kier alpha value is -3.16. The number of likely N-dealkylation sites (N-methyl/N-ethyl adjacent to an activating group) is 1. The van der Waals surface area contributed by atoms with Crippen molar-refractivity contribution in [3.05, 3.63) is 47.3 Å². The Morgan fingerprint density at radius 3 is 2.86 bits per heavy atom. The van der Waals surface area contributed by atoms with Crippen LogP contribution in [-0.2, 0) is 16.8 Å². The molecule has 3 amide bonds. The maximum absolute atomic E-state index is 13.2. The molecular weight excluding hydrogens is 358 g/mol. The van der Waals surface area contributed by atoms with Gasteiger partial charge in [-0.05, 0) is 24.5 Å². The van der Waals surface area contributed by atoms with Gasteiger partial charge in [0.25, 0.3) is 11.8 Å². The molecule has 8 nitrogen and oxygen atoms in total. The predicted molar refractivity (Wildman–Crippen MR) is 101 cm³/mol. The number of hydrogen-bond acceptors (Lipinski definition) is 4. The van der Waals surface area contributed by atoms with Crippen molar-refractivity contribution in [2.75, 3.05) is 32.0 Å². The van der Waals surface area contributed by atoms with Gasteiger partial charge in [0.2, 0.25) is 5.91 Å². The van der Waals surface area contributed by atoms with E-state index in [0.29, 0.717) is 38.3 Å². The Kier molecular flexibility index (Phi) is 3.59. The molecule has 1 fully saturated rings. The van der Waals surface area contributed by atoms with E-state index in [2.05, 4.69) is 10.4 Å². The Labute approximate surface area is 162 Å². The zero-order valence-electron chi connectivity index (χ0n) is 15.6. The average molecular weight is 379 g/mol. The number of likely N-dealkylation sites (tertiary alicyclic amines) is 1. The first-order valence-corrected chi connectivity index (χ1v) is 9.53. The topological polar surface area (TPSA) is 87.5 Å². The minimum Gasteiger partial charge on any atom is -0.339 e. The van der Waals surface area contributed by atoms with E-state index in [-0.39, 0.29) is 23.4 Å². The molecule has 1 aromatic carbocycles. The molecule has 1 atom stereocenters. The fraction of sp³-hybridized carbons (Fsp3) is 0.400. The third kappa shape index (κ3) is 2.30. The first-order chi connectivity index (χ1) is 13.5. The summed E-state index contributed by atoms with van der Waals surface area (Å²) >= 11 is 0. The number of nitrogens with one attached hydrogen (secondary N) is 1. The monoisotopic (exact) mass is 379 g/mol. The summed E-state index contributed by atoms with van der Waals surface area (Å²) < 4.78 is 1.60. The second-order valence-electron chi connectivity index (χ2n) is 7.78. The third-order valence-corrected chi connectivity index (χ3v) is 6.12. The van der Waals surface area contributed by atoms with Crippen LogP contribution >= 0.6 is 0 Å². The number of anilines is 1. The summed E-state index contributed by atoms with van der Waals surface area (Å²) in [5.41, 5.74) is 1.78. The van der Waals surface area contributed by atoms with Crippen LogP contribution < -0.4 is 5.32 Å². The normalized spacial score (nSPS) is 23.6. The zero-order valence-corrected chi connectivity index (χ0v) is 15.6. The van der Waals surface area contributed by atoms with Gasteiger partial charge in [0.05, 0.1) is 12.0 Å². The lowest BCUT2D eigenvalue weighted by molar-refractivity contribution is -0.122. The molecule has 0 saturated carbocycles. The Morgan fingerprint density at radius 1 is 1.18 bits per heavy atom. The van der Waals surface area contributed by atoms with E-state index in [9.17, 15) is 14.4 Å². The number of carbonyl (C=O) groups excluding carboxylic acids is 3. The minimum absolute atomic E-state index is 0.0489. The Bertz CT molecular complexity index is 1010. The summed E-state index contributed by atoms with van der Waals surface area (Å²) in [6.45, 7) is 2.05. The van der Waals surface area contributed by atoms with E-state index in [4.69, 9.17) is 0 Å². The van der Waals surface area contributed by atoms with Crippen molar-refractivity contribution in [2.45, 2.75) is 24.8 Å². The van der Waals surface area contributed by atoms with Gasteiger partial charge in [-0.2, -0.15) is 5.10 Å². The van der Waals surface area contributed by atoms with E-state index in [0.717, 1.165) is 17.7 Å². The van der Waals surface area contributed by atoms with Gasteiger partial charge in [0.1, 0.15) is 5.69 Å². The molecule has 1 N–H and O–H groups in total. The SMILES string of the molecule is CN1CCn2nc(C(=O)N3CCCC4(C3)C(=O)Nc3ccccc34)cc2C1=O. The van der Waals surface area contributed by atoms with Crippen molar-refractivity contribution in [1.29, 1.82) is 0 Å². The summed E-state index contributed by atoms with van der Waals surface area (Å²) in [5.74, 6) is -0.405. The number of fused-ring (bicyclic) bond motifs is 3. The van der Waals surface area contributed by atoms with E-state index >= 15 is 0 Å². The van der Waals surface area contributed by atoms with E-state index in [1.165, 1.54) is 0 Å². The van der Waals surface area contributed by atoms with Gasteiger partial charge in [-0.25, -0.2) is 0 Å². The summed E-state index contributed by atoms with van der Waals surface area (Å²) in [6, 6.07) is 9.25. The van der Waals surface area contributed by atoms with Crippen LogP contribution in [0.3, 0.4) is 0 Å². The largest absolute Gasteiger partial charge is 0.339 e. The Balaban J connectivity index is 1.45. The summed E-state index contributed by atoms with van der Waals surface area (Å²) in [7, 11) is 1.74. The summed E-state index contributed by atoms with van der Waals surface area (Å²) in [4.78, 5) is 41.6. The van der Waals surface area contributed by atoms with Crippen molar-refractivity contribution in [2.24, 2.45) is 0 Å². The Morgan fingerprint density at radius 2 is 2.00 bits per heavy atom. The smallest absolute Gasteiger partial charge is 0.274 e. The van der Waals surface area contributed by atoms with Gasteiger partial charge in [-0.3, -0.25) is 19.1 Å². The molecule has 3 aliphatic heterocycles. The number of amides is 3. The van der Waals surface area contributed by atoms with Crippen molar-refractivity contribution in [3.63, 3.8) is 0 Å². The van der Waals surface area contributed by atoms with Crippen molar-refractivity contribution >= 4 is 23.4 Å². The molecule has 1 saturated heterocycles. The lowest BCUT2D eigenvalue weighted by Gasteiger charge is -2.38. The van der Waals surface area contributed by atoms with Crippen molar-refractivity contribution in [3.8, 4) is 0 Å². The van der Waals surface area contributed by atoms with Crippen LogP contribution in [0, 0.1) is 0 Å². The molecule has 28 heavy (non-hydrogen) atoms. The molecule has 4 heterocycles.